The molecule has 0 aromatic carbocycles. The second-order valence-electron chi connectivity index (χ2n) is 6.73. The van der Waals surface area contributed by atoms with Crippen molar-refractivity contribution in [1.29, 1.82) is 0 Å². The van der Waals surface area contributed by atoms with Crippen LogP contribution in [0.2, 0.25) is 0 Å². The van der Waals surface area contributed by atoms with E-state index in [4.69, 9.17) is 9.47 Å². The zero-order valence-electron chi connectivity index (χ0n) is 13.6. The Labute approximate surface area is 139 Å². The second kappa shape index (κ2) is 5.69. The molecule has 0 radical (unpaired) electrons. The van der Waals surface area contributed by atoms with Crippen molar-refractivity contribution >= 4 is 28.0 Å². The van der Waals surface area contributed by atoms with Crippen molar-refractivity contribution in [3.8, 4) is 0 Å². The Kier molecular flexibility index (Phi) is 4.43. The summed E-state index contributed by atoms with van der Waals surface area (Å²) < 4.78 is 46.0. The third-order valence-electron chi connectivity index (χ3n) is 5.29. The number of hydrogen-bond donors (Lipinski definition) is 0. The maximum absolute atomic E-state index is 12.4. The molecule has 2 aliphatic rings. The summed E-state index contributed by atoms with van der Waals surface area (Å²) in [7, 11) is -4.72. The molecule has 1 aliphatic carbocycles. The predicted molar refractivity (Wildman–Crippen MR) is 76.4 cm³/mol. The molecule has 2 unspecified atom stereocenters. The Balaban J connectivity index is 1.90. The van der Waals surface area contributed by atoms with E-state index in [-0.39, 0.29) is 6.61 Å². The van der Waals surface area contributed by atoms with Gasteiger partial charge in [-0.15, -0.1) is 0 Å². The summed E-state index contributed by atoms with van der Waals surface area (Å²) in [4.78, 5) is 35.5. The van der Waals surface area contributed by atoms with Crippen LogP contribution in [-0.2, 0) is 38.7 Å². The molecule has 2 rings (SSSR count). The van der Waals surface area contributed by atoms with E-state index in [2.05, 4.69) is 4.74 Å². The molecule has 0 spiro atoms. The number of hydrogen-bond acceptors (Lipinski definition) is 9. The first-order valence-corrected chi connectivity index (χ1v) is 8.93. The van der Waals surface area contributed by atoms with Crippen LogP contribution < -0.4 is 0 Å². The van der Waals surface area contributed by atoms with Crippen LogP contribution in [0, 0.1) is 10.8 Å². The number of carbonyl (C=O) groups excluding carboxylic acids is 3. The molecule has 2 atom stereocenters. The van der Waals surface area contributed by atoms with Gasteiger partial charge in [0.2, 0.25) is 5.60 Å². The van der Waals surface area contributed by atoms with Gasteiger partial charge in [0.15, 0.2) is 0 Å². The molecule has 9 nitrogen and oxygen atoms in total. The fourth-order valence-electron chi connectivity index (χ4n) is 3.29. The fourth-order valence-corrected chi connectivity index (χ4v) is 3.67. The molecule has 0 amide bonds. The smallest absolute Gasteiger partial charge is 0.351 e. The second-order valence-corrected chi connectivity index (χ2v) is 8.14. The van der Waals surface area contributed by atoms with Crippen LogP contribution >= 0.6 is 0 Å². The van der Waals surface area contributed by atoms with Gasteiger partial charge in [-0.3, -0.25) is 9.59 Å². The van der Waals surface area contributed by atoms with E-state index in [0.29, 0.717) is 12.8 Å². The van der Waals surface area contributed by atoms with Crippen molar-refractivity contribution in [3.63, 3.8) is 0 Å². The zero-order chi connectivity index (χ0) is 18.4. The number of rotatable bonds is 6. The molecular weight excluding hydrogens is 344 g/mol. The van der Waals surface area contributed by atoms with Crippen LogP contribution in [0.1, 0.15) is 33.6 Å². The van der Waals surface area contributed by atoms with Crippen LogP contribution in [-0.4, -0.2) is 55.4 Å². The Morgan fingerprint density at radius 3 is 2.21 bits per heavy atom. The standard InChI is InChI=1S/C14H20O9S/c1-12(2)13(3)4-5-14(12,23-10(13)16)11(17)22-7-6-21-9(15)8-24(18,19)20/h4-8H2,1-3H3,(H,18,19,20)/p-1. The third-order valence-corrected chi connectivity index (χ3v) is 5.88. The molecule has 0 aromatic rings. The van der Waals surface area contributed by atoms with E-state index in [1.165, 1.54) is 0 Å². The molecule has 0 aromatic heterocycles. The highest BCUT2D eigenvalue weighted by atomic mass is 32.2. The quantitative estimate of drug-likeness (QED) is 0.270. The minimum atomic E-state index is -4.72. The van der Waals surface area contributed by atoms with Crippen LogP contribution in [0.4, 0.5) is 0 Å². The maximum atomic E-state index is 12.4. The van der Waals surface area contributed by atoms with Crippen molar-refractivity contribution in [2.24, 2.45) is 10.8 Å². The lowest BCUT2D eigenvalue weighted by Gasteiger charge is -2.34. The van der Waals surface area contributed by atoms with Gasteiger partial charge in [0.25, 0.3) is 0 Å². The van der Waals surface area contributed by atoms with Gasteiger partial charge in [-0.25, -0.2) is 13.2 Å². The highest BCUT2D eigenvalue weighted by molar-refractivity contribution is 7.86. The Hall–Kier alpha value is -1.68. The van der Waals surface area contributed by atoms with E-state index >= 15 is 0 Å². The monoisotopic (exact) mass is 363 g/mol. The zero-order valence-corrected chi connectivity index (χ0v) is 14.4. The average molecular weight is 363 g/mol. The van der Waals surface area contributed by atoms with E-state index in [9.17, 15) is 27.4 Å². The number of carbonyl (C=O) groups is 3. The maximum Gasteiger partial charge on any atom is 0.351 e. The van der Waals surface area contributed by atoms with E-state index < -0.39 is 56.8 Å². The molecule has 1 heterocycles. The SMILES string of the molecule is CC12CCC(C(=O)OCCOC(=O)CS(=O)(=O)[O-])(OC1=O)C2(C)C. The van der Waals surface area contributed by atoms with Crippen molar-refractivity contribution in [2.45, 2.75) is 39.2 Å². The van der Waals surface area contributed by atoms with Gasteiger partial charge in [-0.05, 0) is 19.8 Å². The molecule has 10 heteroatoms. The number of fused-ring (bicyclic) bond motifs is 2. The van der Waals surface area contributed by atoms with Gasteiger partial charge in [-0.2, -0.15) is 0 Å². The first-order chi connectivity index (χ1) is 10.9. The molecule has 2 bridgehead atoms. The fraction of sp³-hybridized carbons (Fsp3) is 0.786. The van der Waals surface area contributed by atoms with E-state index in [1.807, 2.05) is 0 Å². The van der Waals surface area contributed by atoms with Crippen LogP contribution in [0.3, 0.4) is 0 Å². The average Bonchev–Trinajstić information content (AvgIpc) is 2.72. The van der Waals surface area contributed by atoms with Gasteiger partial charge in [0, 0.05) is 5.41 Å². The van der Waals surface area contributed by atoms with Gasteiger partial charge >= 0.3 is 17.9 Å². The largest absolute Gasteiger partial charge is 0.748 e. The molecule has 0 N–H and O–H groups in total. The molecular formula is C14H19O9S-. The first kappa shape index (κ1) is 18.7. The minimum Gasteiger partial charge on any atom is -0.748 e. The summed E-state index contributed by atoms with van der Waals surface area (Å²) in [6, 6.07) is 0. The molecule has 2 fully saturated rings. The van der Waals surface area contributed by atoms with Gasteiger partial charge in [0.1, 0.15) is 29.1 Å². The van der Waals surface area contributed by atoms with Crippen molar-refractivity contribution < 1.29 is 41.6 Å². The first-order valence-electron chi connectivity index (χ1n) is 7.36. The molecule has 1 saturated heterocycles. The lowest BCUT2D eigenvalue weighted by Crippen LogP contribution is -2.49. The third kappa shape index (κ3) is 2.77. The Morgan fingerprint density at radius 1 is 1.17 bits per heavy atom. The van der Waals surface area contributed by atoms with Crippen molar-refractivity contribution in [3.05, 3.63) is 0 Å². The summed E-state index contributed by atoms with van der Waals surface area (Å²) >= 11 is 0. The normalized spacial score (nSPS) is 30.8. The number of ether oxygens (including phenoxy) is 3. The van der Waals surface area contributed by atoms with Gasteiger partial charge < -0.3 is 18.8 Å². The summed E-state index contributed by atoms with van der Waals surface area (Å²) in [5.74, 6) is -3.67. The Morgan fingerprint density at radius 2 is 1.75 bits per heavy atom. The van der Waals surface area contributed by atoms with Gasteiger partial charge in [-0.1, -0.05) is 13.8 Å². The van der Waals surface area contributed by atoms with Crippen molar-refractivity contribution in [1.82, 2.24) is 0 Å². The highest BCUT2D eigenvalue weighted by Gasteiger charge is 2.76. The highest BCUT2D eigenvalue weighted by Crippen LogP contribution is 2.65. The molecule has 136 valence electrons. The molecule has 1 aliphatic heterocycles. The summed E-state index contributed by atoms with van der Waals surface area (Å²) in [5, 5.41) is 0. The number of esters is 3. The van der Waals surface area contributed by atoms with Gasteiger partial charge in [0.05, 0.1) is 5.41 Å². The topological polar surface area (TPSA) is 136 Å². The summed E-state index contributed by atoms with van der Waals surface area (Å²) in [6.45, 7) is 4.55. The van der Waals surface area contributed by atoms with Crippen LogP contribution in [0.15, 0.2) is 0 Å². The Bertz CT molecular complexity index is 680. The van der Waals surface area contributed by atoms with Crippen molar-refractivity contribution in [2.75, 3.05) is 19.0 Å². The minimum absolute atomic E-state index is 0.338. The van der Waals surface area contributed by atoms with E-state index in [1.54, 1.807) is 20.8 Å². The van der Waals surface area contributed by atoms with Crippen LogP contribution in [0.25, 0.3) is 0 Å². The summed E-state index contributed by atoms with van der Waals surface area (Å²) in [5.41, 5.74) is -2.89. The molecule has 1 saturated carbocycles. The predicted octanol–water partition coefficient (Wildman–Crippen LogP) is -0.260. The lowest BCUT2D eigenvalue weighted by molar-refractivity contribution is -0.184. The van der Waals surface area contributed by atoms with Crippen LogP contribution in [0.5, 0.6) is 0 Å². The lowest BCUT2D eigenvalue weighted by atomic mass is 9.66. The summed E-state index contributed by atoms with van der Waals surface area (Å²) in [6.07, 6.45) is 0.847. The van der Waals surface area contributed by atoms with E-state index in [0.717, 1.165) is 0 Å². The molecule has 24 heavy (non-hydrogen) atoms.